The Morgan fingerprint density at radius 3 is 2.81 bits per heavy atom. The van der Waals surface area contributed by atoms with E-state index in [1.165, 1.54) is 39.5 Å². The van der Waals surface area contributed by atoms with Crippen LogP contribution in [-0.2, 0) is 4.74 Å². The van der Waals surface area contributed by atoms with Crippen molar-refractivity contribution in [3.05, 3.63) is 23.7 Å². The summed E-state index contributed by atoms with van der Waals surface area (Å²) >= 11 is 0. The molecule has 0 bridgehead atoms. The van der Waals surface area contributed by atoms with Gasteiger partial charge in [-0.05, 0) is 51.4 Å². The Kier molecular flexibility index (Phi) is 4.31. The molecule has 2 saturated heterocycles. The van der Waals surface area contributed by atoms with Crippen LogP contribution < -0.4 is 0 Å². The van der Waals surface area contributed by atoms with Crippen LogP contribution in [0, 0.1) is 0 Å². The van der Waals surface area contributed by atoms with Gasteiger partial charge >= 0.3 is 5.97 Å². The zero-order valence-electron chi connectivity index (χ0n) is 12.9. The average Bonchev–Trinajstić information content (AvgIpc) is 3.25. The number of likely N-dealkylation sites (tertiary alicyclic amines) is 2. The van der Waals surface area contributed by atoms with Crippen molar-refractivity contribution in [2.24, 2.45) is 0 Å². The van der Waals surface area contributed by atoms with E-state index in [-0.39, 0.29) is 11.8 Å². The van der Waals surface area contributed by atoms with Gasteiger partial charge in [-0.1, -0.05) is 0 Å². The first-order valence-electron chi connectivity index (χ1n) is 7.85. The van der Waals surface area contributed by atoms with Crippen molar-refractivity contribution >= 4 is 5.97 Å². The third kappa shape index (κ3) is 2.99. The molecule has 2 aliphatic rings. The number of hydrogen-bond donors (Lipinski definition) is 0. The van der Waals surface area contributed by atoms with Gasteiger partial charge in [0.25, 0.3) is 0 Å². The summed E-state index contributed by atoms with van der Waals surface area (Å²) < 4.78 is 10.3. The molecular weight excluding hydrogens is 268 g/mol. The van der Waals surface area contributed by atoms with E-state index in [0.717, 1.165) is 18.8 Å². The Bertz CT molecular complexity index is 493. The van der Waals surface area contributed by atoms with Gasteiger partial charge in [0.1, 0.15) is 5.76 Å². The molecule has 3 heterocycles. The van der Waals surface area contributed by atoms with Gasteiger partial charge in [-0.25, -0.2) is 4.79 Å². The molecule has 21 heavy (non-hydrogen) atoms. The van der Waals surface area contributed by atoms with Crippen molar-refractivity contribution in [2.45, 2.75) is 38.3 Å². The minimum Gasteiger partial charge on any atom is -0.463 e. The summed E-state index contributed by atoms with van der Waals surface area (Å²) in [6.45, 7) is 6.83. The van der Waals surface area contributed by atoms with Crippen molar-refractivity contribution in [1.29, 1.82) is 0 Å². The van der Waals surface area contributed by atoms with Crippen LogP contribution in [0.4, 0.5) is 0 Å². The highest BCUT2D eigenvalue weighted by molar-refractivity contribution is 5.86. The number of methoxy groups -OCH3 is 1. The summed E-state index contributed by atoms with van der Waals surface area (Å²) in [6.07, 6.45) is 3.91. The maximum atomic E-state index is 11.5. The maximum absolute atomic E-state index is 11.5. The first-order chi connectivity index (χ1) is 10.2. The highest BCUT2D eigenvalue weighted by Crippen LogP contribution is 2.29. The Morgan fingerprint density at radius 1 is 1.33 bits per heavy atom. The first-order valence-corrected chi connectivity index (χ1v) is 7.85. The molecule has 0 spiro atoms. The van der Waals surface area contributed by atoms with Gasteiger partial charge in [-0.15, -0.1) is 0 Å². The van der Waals surface area contributed by atoms with Crippen molar-refractivity contribution in [3.63, 3.8) is 0 Å². The van der Waals surface area contributed by atoms with Crippen LogP contribution in [0.3, 0.4) is 0 Å². The highest BCUT2D eigenvalue weighted by atomic mass is 16.5. The topological polar surface area (TPSA) is 45.9 Å². The maximum Gasteiger partial charge on any atom is 0.373 e. The molecular formula is C16H24N2O3. The third-order valence-corrected chi connectivity index (χ3v) is 4.82. The van der Waals surface area contributed by atoms with Crippen LogP contribution in [0.25, 0.3) is 0 Å². The van der Waals surface area contributed by atoms with E-state index >= 15 is 0 Å². The Morgan fingerprint density at radius 2 is 2.10 bits per heavy atom. The lowest BCUT2D eigenvalue weighted by Crippen LogP contribution is -2.35. The molecule has 2 atom stereocenters. The highest BCUT2D eigenvalue weighted by Gasteiger charge is 2.32. The van der Waals surface area contributed by atoms with Crippen LogP contribution in [0.5, 0.6) is 0 Å². The lowest BCUT2D eigenvalue weighted by molar-refractivity contribution is 0.0559. The van der Waals surface area contributed by atoms with E-state index in [1.807, 2.05) is 6.07 Å². The molecule has 0 aliphatic carbocycles. The van der Waals surface area contributed by atoms with Gasteiger partial charge in [0.05, 0.1) is 13.2 Å². The molecule has 0 N–H and O–H groups in total. The zero-order valence-corrected chi connectivity index (χ0v) is 12.9. The van der Waals surface area contributed by atoms with Crippen molar-refractivity contribution < 1.29 is 13.9 Å². The minimum atomic E-state index is -0.412. The molecule has 0 radical (unpaired) electrons. The lowest BCUT2D eigenvalue weighted by atomic mass is 10.2. The SMILES string of the molecule is COC(=O)c1ccc(C(C)N2CCC(N3CCCC3)C2)o1. The first kappa shape index (κ1) is 14.6. The van der Waals surface area contributed by atoms with E-state index in [9.17, 15) is 4.79 Å². The molecule has 1 aromatic rings. The molecule has 0 aromatic carbocycles. The van der Waals surface area contributed by atoms with Crippen molar-refractivity contribution in [1.82, 2.24) is 9.80 Å². The zero-order chi connectivity index (χ0) is 14.8. The van der Waals surface area contributed by atoms with E-state index in [4.69, 9.17) is 4.42 Å². The molecule has 3 rings (SSSR count). The van der Waals surface area contributed by atoms with Crippen molar-refractivity contribution in [2.75, 3.05) is 33.3 Å². The summed E-state index contributed by atoms with van der Waals surface area (Å²) in [7, 11) is 1.37. The number of carbonyl (C=O) groups is 1. The second-order valence-corrected chi connectivity index (χ2v) is 6.05. The summed E-state index contributed by atoms with van der Waals surface area (Å²) in [5.41, 5.74) is 0. The summed E-state index contributed by atoms with van der Waals surface area (Å²) in [5, 5.41) is 0. The van der Waals surface area contributed by atoms with E-state index in [2.05, 4.69) is 21.5 Å². The predicted molar refractivity (Wildman–Crippen MR) is 79.2 cm³/mol. The van der Waals surface area contributed by atoms with Crippen molar-refractivity contribution in [3.8, 4) is 0 Å². The Hall–Kier alpha value is -1.33. The Balaban J connectivity index is 1.61. The number of furan rings is 1. The van der Waals surface area contributed by atoms with Gasteiger partial charge in [0.2, 0.25) is 5.76 Å². The second kappa shape index (κ2) is 6.20. The molecule has 116 valence electrons. The quantitative estimate of drug-likeness (QED) is 0.797. The number of esters is 1. The third-order valence-electron chi connectivity index (χ3n) is 4.82. The fourth-order valence-electron chi connectivity index (χ4n) is 3.49. The number of hydrogen-bond acceptors (Lipinski definition) is 5. The second-order valence-electron chi connectivity index (χ2n) is 6.05. The fraction of sp³-hybridized carbons (Fsp3) is 0.688. The minimum absolute atomic E-state index is 0.205. The standard InChI is InChI=1S/C16H24N2O3/c1-12(14-5-6-15(21-14)16(19)20-2)18-10-7-13(11-18)17-8-3-4-9-17/h5-6,12-13H,3-4,7-11H2,1-2H3. The van der Waals surface area contributed by atoms with Gasteiger partial charge in [-0.3, -0.25) is 9.80 Å². The van der Waals surface area contributed by atoms with Gasteiger partial charge in [0.15, 0.2) is 0 Å². The van der Waals surface area contributed by atoms with Gasteiger partial charge < -0.3 is 9.15 Å². The van der Waals surface area contributed by atoms with Gasteiger partial charge in [0, 0.05) is 19.1 Å². The van der Waals surface area contributed by atoms with Crippen LogP contribution in [0.2, 0.25) is 0 Å². The molecule has 0 saturated carbocycles. The van der Waals surface area contributed by atoms with E-state index < -0.39 is 5.97 Å². The number of ether oxygens (including phenoxy) is 1. The van der Waals surface area contributed by atoms with Crippen LogP contribution in [-0.4, -0.2) is 55.1 Å². The molecule has 2 aliphatic heterocycles. The number of nitrogens with zero attached hydrogens (tertiary/aromatic N) is 2. The molecule has 5 nitrogen and oxygen atoms in total. The van der Waals surface area contributed by atoms with E-state index in [1.54, 1.807) is 6.07 Å². The fourth-order valence-corrected chi connectivity index (χ4v) is 3.49. The lowest BCUT2D eigenvalue weighted by Gasteiger charge is -2.26. The van der Waals surface area contributed by atoms with Crippen LogP contribution in [0.1, 0.15) is 48.5 Å². The molecule has 1 aromatic heterocycles. The van der Waals surface area contributed by atoms with E-state index in [0.29, 0.717) is 6.04 Å². The molecule has 2 fully saturated rings. The molecule has 0 amide bonds. The number of carbonyl (C=O) groups excluding carboxylic acids is 1. The monoisotopic (exact) mass is 292 g/mol. The molecule has 2 unspecified atom stereocenters. The Labute approximate surface area is 125 Å². The van der Waals surface area contributed by atoms with Gasteiger partial charge in [-0.2, -0.15) is 0 Å². The van der Waals surface area contributed by atoms with Crippen LogP contribution >= 0.6 is 0 Å². The number of rotatable bonds is 4. The largest absolute Gasteiger partial charge is 0.463 e. The normalized spacial score (nSPS) is 25.3. The van der Waals surface area contributed by atoms with Crippen LogP contribution in [0.15, 0.2) is 16.5 Å². The smallest absolute Gasteiger partial charge is 0.373 e. The average molecular weight is 292 g/mol. The predicted octanol–water partition coefficient (Wildman–Crippen LogP) is 2.30. The summed E-state index contributed by atoms with van der Waals surface area (Å²) in [5.74, 6) is 0.719. The molecule has 5 heteroatoms. The summed E-state index contributed by atoms with van der Waals surface area (Å²) in [4.78, 5) is 16.5. The summed E-state index contributed by atoms with van der Waals surface area (Å²) in [6, 6.07) is 4.48.